The van der Waals surface area contributed by atoms with Gasteiger partial charge in [-0.05, 0) is 31.0 Å². The number of fused-ring (bicyclic) bond motifs is 1. The molecule has 0 aliphatic carbocycles. The molecule has 0 spiro atoms. The lowest BCUT2D eigenvalue weighted by molar-refractivity contribution is -0.155. The molecule has 6 amide bonds. The second-order valence-electron chi connectivity index (χ2n) is 8.37. The molecule has 1 aromatic rings. The Morgan fingerprint density at radius 3 is 2.57 bits per heavy atom. The van der Waals surface area contributed by atoms with E-state index in [1.807, 2.05) is 0 Å². The number of rotatable bonds is 8. The lowest BCUT2D eigenvalue weighted by Crippen LogP contribution is -2.64. The molecule has 2 aliphatic rings. The first-order valence-corrected chi connectivity index (χ1v) is 11.7. The van der Waals surface area contributed by atoms with Gasteiger partial charge in [-0.15, -0.1) is 0 Å². The predicted octanol–water partition coefficient (Wildman–Crippen LogP) is 0.135. The third-order valence-corrected chi connectivity index (χ3v) is 5.95. The number of aldehydes is 1. The van der Waals surface area contributed by atoms with Crippen LogP contribution in [0.15, 0.2) is 18.2 Å². The van der Waals surface area contributed by atoms with Gasteiger partial charge in [0.05, 0.1) is 29.7 Å². The molecule has 0 radical (unpaired) electrons. The van der Waals surface area contributed by atoms with E-state index in [9.17, 15) is 33.6 Å². The molecule has 0 saturated carbocycles. The maximum Gasteiger partial charge on any atom is 0.358 e. The number of carbonyl (C=O) groups is 7. The number of hydrogen-bond acceptors (Lipinski definition) is 7. The van der Waals surface area contributed by atoms with Gasteiger partial charge in [-0.3, -0.25) is 29.4 Å². The van der Waals surface area contributed by atoms with E-state index < -0.39 is 48.2 Å². The first kappa shape index (κ1) is 27.4. The number of benzene rings is 1. The first-order chi connectivity index (χ1) is 17.5. The Hall–Kier alpha value is -4.20. The minimum Gasteiger partial charge on any atom is -0.481 e. The molecule has 2 fully saturated rings. The molecule has 198 valence electrons. The second-order valence-corrected chi connectivity index (χ2v) is 8.78. The van der Waals surface area contributed by atoms with Gasteiger partial charge in [0.1, 0.15) is 12.3 Å². The number of aliphatic carboxylic acids is 1. The van der Waals surface area contributed by atoms with Crippen LogP contribution in [-0.4, -0.2) is 87.2 Å². The number of carbonyl (C=O) groups excluding carboxylic acids is 6. The molecule has 15 heteroatoms. The third-order valence-electron chi connectivity index (χ3n) is 5.63. The van der Waals surface area contributed by atoms with E-state index in [0.29, 0.717) is 6.42 Å². The molecule has 0 aromatic heterocycles. The highest BCUT2D eigenvalue weighted by molar-refractivity contribution is 6.34. The van der Waals surface area contributed by atoms with E-state index in [2.05, 4.69) is 16.1 Å². The number of amides is 6. The Morgan fingerprint density at radius 2 is 1.95 bits per heavy atom. The van der Waals surface area contributed by atoms with E-state index >= 15 is 0 Å². The second kappa shape index (κ2) is 11.7. The van der Waals surface area contributed by atoms with Crippen LogP contribution in [0.3, 0.4) is 0 Å². The molecule has 2 aliphatic heterocycles. The third kappa shape index (κ3) is 6.52. The van der Waals surface area contributed by atoms with Gasteiger partial charge < -0.3 is 20.5 Å². The van der Waals surface area contributed by atoms with Gasteiger partial charge in [0.15, 0.2) is 0 Å². The van der Waals surface area contributed by atoms with Crippen molar-refractivity contribution in [3.63, 3.8) is 0 Å². The summed E-state index contributed by atoms with van der Waals surface area (Å²) in [5, 5.41) is 16.7. The van der Waals surface area contributed by atoms with Gasteiger partial charge in [-0.2, -0.15) is 0 Å². The fourth-order valence-corrected chi connectivity index (χ4v) is 4.18. The minimum absolute atomic E-state index is 0.0646. The molecule has 37 heavy (non-hydrogen) atoms. The lowest BCUT2D eigenvalue weighted by Gasteiger charge is -2.42. The number of hydrazine groups is 2. The maximum absolute atomic E-state index is 13.4. The molecule has 1 aromatic carbocycles. The highest BCUT2D eigenvalue weighted by Gasteiger charge is 2.44. The van der Waals surface area contributed by atoms with Crippen LogP contribution < -0.4 is 16.1 Å². The van der Waals surface area contributed by atoms with Crippen LogP contribution in [0.4, 0.5) is 10.5 Å². The van der Waals surface area contributed by atoms with Gasteiger partial charge in [-0.1, -0.05) is 11.6 Å². The SMILES string of the molecule is CC(=O)Nc1ccc(C(=O)NN2CCC(=O)N3CCCC(C(=O)NC(C=O)CC(=O)O)N3C2=O)cc1Cl. The van der Waals surface area contributed by atoms with Crippen molar-refractivity contribution in [1.82, 2.24) is 25.8 Å². The number of carboxylic acids is 1. The number of anilines is 1. The zero-order chi connectivity index (χ0) is 27.3. The van der Waals surface area contributed by atoms with E-state index in [-0.39, 0.29) is 54.4 Å². The van der Waals surface area contributed by atoms with Crippen LogP contribution in [0.5, 0.6) is 0 Å². The Kier molecular flexibility index (Phi) is 8.65. The number of carboxylic acid groups (broad SMARTS) is 1. The molecule has 4 N–H and O–H groups in total. The summed E-state index contributed by atoms with van der Waals surface area (Å²) >= 11 is 6.12. The molecular formula is C22H25ClN6O8. The Balaban J connectivity index is 1.80. The highest BCUT2D eigenvalue weighted by atomic mass is 35.5. The number of urea groups is 1. The quantitative estimate of drug-likeness (QED) is 0.338. The summed E-state index contributed by atoms with van der Waals surface area (Å²) in [4.78, 5) is 85.3. The van der Waals surface area contributed by atoms with Crippen molar-refractivity contribution in [2.75, 3.05) is 18.4 Å². The monoisotopic (exact) mass is 536 g/mol. The van der Waals surface area contributed by atoms with Gasteiger partial charge in [-0.25, -0.2) is 19.8 Å². The van der Waals surface area contributed by atoms with Gasteiger partial charge >= 0.3 is 12.0 Å². The summed E-state index contributed by atoms with van der Waals surface area (Å²) in [6.07, 6.45) is 0.00175. The van der Waals surface area contributed by atoms with Crippen LogP contribution in [0.1, 0.15) is 43.0 Å². The molecule has 2 saturated heterocycles. The Labute approximate surface area is 215 Å². The van der Waals surface area contributed by atoms with Crippen molar-refractivity contribution in [3.8, 4) is 0 Å². The van der Waals surface area contributed by atoms with Gasteiger partial charge in [0.2, 0.25) is 17.7 Å². The van der Waals surface area contributed by atoms with Crippen LogP contribution in [-0.2, 0) is 24.0 Å². The topological polar surface area (TPSA) is 186 Å². The lowest BCUT2D eigenvalue weighted by atomic mass is 10.1. The Morgan fingerprint density at radius 1 is 1.22 bits per heavy atom. The maximum atomic E-state index is 13.4. The molecular weight excluding hydrogens is 512 g/mol. The number of nitrogens with zero attached hydrogens (tertiary/aromatic N) is 3. The number of nitrogens with one attached hydrogen (secondary N) is 3. The minimum atomic E-state index is -1.32. The fraction of sp³-hybridized carbons (Fsp3) is 0.409. The van der Waals surface area contributed by atoms with Crippen molar-refractivity contribution < 1.29 is 38.7 Å². The molecule has 2 atom stereocenters. The van der Waals surface area contributed by atoms with Crippen LogP contribution in [0, 0.1) is 0 Å². The van der Waals surface area contributed by atoms with Crippen molar-refractivity contribution in [2.24, 2.45) is 0 Å². The van der Waals surface area contributed by atoms with Crippen molar-refractivity contribution in [1.29, 1.82) is 0 Å². The van der Waals surface area contributed by atoms with Crippen molar-refractivity contribution in [3.05, 3.63) is 28.8 Å². The molecule has 3 rings (SSSR count). The molecule has 2 unspecified atom stereocenters. The molecule has 2 heterocycles. The summed E-state index contributed by atoms with van der Waals surface area (Å²) in [5.74, 6) is -3.65. The van der Waals surface area contributed by atoms with Gasteiger partial charge in [0.25, 0.3) is 5.91 Å². The first-order valence-electron chi connectivity index (χ1n) is 11.3. The molecule has 0 bridgehead atoms. The summed E-state index contributed by atoms with van der Waals surface area (Å²) in [7, 11) is 0. The zero-order valence-corrected chi connectivity index (χ0v) is 20.5. The number of halogens is 1. The number of hydrogen-bond donors (Lipinski definition) is 4. The van der Waals surface area contributed by atoms with E-state index in [4.69, 9.17) is 16.7 Å². The zero-order valence-electron chi connectivity index (χ0n) is 19.7. The molecule has 14 nitrogen and oxygen atoms in total. The standard InChI is InChI=1S/C22H25ClN6O8/c1-12(31)24-16-5-4-13(9-15(16)23)20(35)26-27-8-6-18(32)28-7-2-3-17(29(28)22(27)37)21(36)25-14(11-30)10-19(33)34/h4-5,9,11,14,17H,2-3,6-8,10H2,1H3,(H,24,31)(H,25,36)(H,26,35)(H,33,34). The Bertz CT molecular complexity index is 1140. The van der Waals surface area contributed by atoms with Crippen molar-refractivity contribution >= 4 is 59.2 Å². The van der Waals surface area contributed by atoms with Gasteiger partial charge in [0, 0.05) is 25.5 Å². The average molecular weight is 537 g/mol. The summed E-state index contributed by atoms with van der Waals surface area (Å²) in [6, 6.07) is 0.692. The summed E-state index contributed by atoms with van der Waals surface area (Å²) in [5.41, 5.74) is 2.77. The average Bonchev–Trinajstić information content (AvgIpc) is 2.96. The van der Waals surface area contributed by atoms with E-state index in [1.54, 1.807) is 0 Å². The van der Waals surface area contributed by atoms with Crippen molar-refractivity contribution in [2.45, 2.75) is 44.7 Å². The fourth-order valence-electron chi connectivity index (χ4n) is 3.95. The van der Waals surface area contributed by atoms with E-state index in [1.165, 1.54) is 25.1 Å². The van der Waals surface area contributed by atoms with E-state index in [0.717, 1.165) is 15.0 Å². The van der Waals surface area contributed by atoms with Crippen LogP contribution >= 0.6 is 11.6 Å². The van der Waals surface area contributed by atoms with Crippen LogP contribution in [0.25, 0.3) is 0 Å². The smallest absolute Gasteiger partial charge is 0.358 e. The van der Waals surface area contributed by atoms with Crippen LogP contribution in [0.2, 0.25) is 5.02 Å². The summed E-state index contributed by atoms with van der Waals surface area (Å²) in [6.45, 7) is 1.27. The summed E-state index contributed by atoms with van der Waals surface area (Å²) < 4.78 is 0. The predicted molar refractivity (Wildman–Crippen MR) is 127 cm³/mol. The normalized spacial score (nSPS) is 18.3. The highest BCUT2D eigenvalue weighted by Crippen LogP contribution is 2.25. The largest absolute Gasteiger partial charge is 0.481 e.